The van der Waals surface area contributed by atoms with Gasteiger partial charge in [0.2, 0.25) is 0 Å². The number of nitrogens with one attached hydrogen (secondary N) is 1. The molecule has 0 saturated heterocycles. The third-order valence-electron chi connectivity index (χ3n) is 3.77. The van der Waals surface area contributed by atoms with Crippen LogP contribution in [0.15, 0.2) is 12.1 Å². The van der Waals surface area contributed by atoms with Crippen LogP contribution in [0.5, 0.6) is 0 Å². The second-order valence-electron chi connectivity index (χ2n) is 6.06. The van der Waals surface area contributed by atoms with E-state index >= 15 is 0 Å². The van der Waals surface area contributed by atoms with Crippen molar-refractivity contribution in [2.45, 2.75) is 33.2 Å². The number of rotatable bonds is 8. The molecular weight excluding hydrogens is 265 g/mol. The lowest BCUT2D eigenvalue weighted by Gasteiger charge is -2.27. The molecule has 0 saturated carbocycles. The topological polar surface area (TPSA) is 18.5 Å². The van der Waals surface area contributed by atoms with Gasteiger partial charge in [-0.05, 0) is 64.2 Å². The van der Waals surface area contributed by atoms with E-state index in [0.29, 0.717) is 5.56 Å². The molecule has 0 fully saturated rings. The van der Waals surface area contributed by atoms with E-state index in [1.165, 1.54) is 0 Å². The van der Waals surface area contributed by atoms with Crippen LogP contribution in [0.4, 0.5) is 10.1 Å². The predicted molar refractivity (Wildman–Crippen MR) is 89.7 cm³/mol. The normalized spacial score (nSPS) is 12.8. The van der Waals surface area contributed by atoms with Crippen molar-refractivity contribution < 1.29 is 4.39 Å². The molecule has 0 spiro atoms. The molecule has 0 aliphatic carbocycles. The van der Waals surface area contributed by atoms with Gasteiger partial charge in [0.1, 0.15) is 5.82 Å². The number of likely N-dealkylation sites (N-methyl/N-ethyl adjacent to an activating group) is 2. The summed E-state index contributed by atoms with van der Waals surface area (Å²) in [5.74, 6) is -0.125. The molecule has 3 nitrogen and oxygen atoms in total. The second-order valence-corrected chi connectivity index (χ2v) is 6.06. The van der Waals surface area contributed by atoms with Gasteiger partial charge < -0.3 is 15.1 Å². The lowest BCUT2D eigenvalue weighted by molar-refractivity contribution is 0.416. The second kappa shape index (κ2) is 8.35. The Labute approximate surface area is 129 Å². The first-order valence-corrected chi connectivity index (χ1v) is 7.76. The molecule has 0 aliphatic heterocycles. The predicted octanol–water partition coefficient (Wildman–Crippen LogP) is 3.19. The van der Waals surface area contributed by atoms with Crippen LogP contribution in [0.1, 0.15) is 37.4 Å². The number of aryl methyl sites for hydroxylation is 1. The molecule has 1 N–H and O–H groups in total. The van der Waals surface area contributed by atoms with E-state index in [1.807, 2.05) is 13.0 Å². The first kappa shape index (κ1) is 17.9. The van der Waals surface area contributed by atoms with Gasteiger partial charge in [0.25, 0.3) is 0 Å². The lowest BCUT2D eigenvalue weighted by Crippen LogP contribution is -2.30. The molecule has 1 rings (SSSR count). The lowest BCUT2D eigenvalue weighted by atomic mass is 10.0. The van der Waals surface area contributed by atoms with Gasteiger partial charge in [-0.15, -0.1) is 0 Å². The molecule has 1 aromatic rings. The average molecular weight is 295 g/mol. The molecule has 1 atom stereocenters. The molecular formula is C17H30FN3. The first-order chi connectivity index (χ1) is 9.86. The van der Waals surface area contributed by atoms with Crippen LogP contribution in [0, 0.1) is 12.7 Å². The summed E-state index contributed by atoms with van der Waals surface area (Å²) in [4.78, 5) is 4.37. The third kappa shape index (κ3) is 5.29. The molecule has 21 heavy (non-hydrogen) atoms. The maximum Gasteiger partial charge on any atom is 0.126 e. The molecule has 1 unspecified atom stereocenters. The minimum absolute atomic E-state index is 0.125. The van der Waals surface area contributed by atoms with Gasteiger partial charge in [0, 0.05) is 31.9 Å². The minimum Gasteiger partial charge on any atom is -0.373 e. The maximum absolute atomic E-state index is 14.0. The molecule has 120 valence electrons. The zero-order valence-electron chi connectivity index (χ0n) is 14.3. The summed E-state index contributed by atoms with van der Waals surface area (Å²) in [6.45, 7) is 8.90. The van der Waals surface area contributed by atoms with Gasteiger partial charge in [-0.25, -0.2) is 4.39 Å². The number of benzene rings is 1. The Morgan fingerprint density at radius 3 is 2.43 bits per heavy atom. The summed E-state index contributed by atoms with van der Waals surface area (Å²) >= 11 is 0. The fraction of sp³-hybridized carbons (Fsp3) is 0.647. The van der Waals surface area contributed by atoms with Crippen molar-refractivity contribution in [3.8, 4) is 0 Å². The monoisotopic (exact) mass is 295 g/mol. The SMILES string of the molecule is CCCNC(C)c1cc(F)c(C)cc1N(C)CCN(C)C. The number of hydrogen-bond donors (Lipinski definition) is 1. The van der Waals surface area contributed by atoms with Crippen molar-refractivity contribution in [3.05, 3.63) is 29.1 Å². The Kier molecular flexibility index (Phi) is 7.12. The van der Waals surface area contributed by atoms with Crippen LogP contribution in [0.2, 0.25) is 0 Å². The van der Waals surface area contributed by atoms with E-state index in [9.17, 15) is 4.39 Å². The molecule has 4 heteroatoms. The summed E-state index contributed by atoms with van der Waals surface area (Å²) in [5.41, 5.74) is 2.85. The van der Waals surface area contributed by atoms with Crippen molar-refractivity contribution in [2.24, 2.45) is 0 Å². The largest absolute Gasteiger partial charge is 0.373 e. The Morgan fingerprint density at radius 1 is 1.19 bits per heavy atom. The Bertz CT molecular complexity index is 446. The Balaban J connectivity index is 3.01. The van der Waals surface area contributed by atoms with Gasteiger partial charge >= 0.3 is 0 Å². The van der Waals surface area contributed by atoms with E-state index in [-0.39, 0.29) is 11.9 Å². The highest BCUT2D eigenvalue weighted by Gasteiger charge is 2.16. The molecule has 0 radical (unpaired) electrons. The molecule has 0 bridgehead atoms. The highest BCUT2D eigenvalue weighted by Crippen LogP contribution is 2.28. The van der Waals surface area contributed by atoms with Gasteiger partial charge in [0.05, 0.1) is 0 Å². The fourth-order valence-corrected chi connectivity index (χ4v) is 2.30. The minimum atomic E-state index is -0.125. The molecule has 0 heterocycles. The summed E-state index contributed by atoms with van der Waals surface area (Å²) in [6.07, 6.45) is 1.07. The number of hydrogen-bond acceptors (Lipinski definition) is 3. The average Bonchev–Trinajstić information content (AvgIpc) is 2.44. The van der Waals surface area contributed by atoms with E-state index in [1.54, 1.807) is 6.07 Å². The molecule has 1 aromatic carbocycles. The van der Waals surface area contributed by atoms with Crippen LogP contribution in [-0.4, -0.2) is 45.7 Å². The van der Waals surface area contributed by atoms with Crippen LogP contribution in [-0.2, 0) is 0 Å². The zero-order valence-corrected chi connectivity index (χ0v) is 14.3. The van der Waals surface area contributed by atoms with Crippen LogP contribution in [0.25, 0.3) is 0 Å². The highest BCUT2D eigenvalue weighted by molar-refractivity contribution is 5.56. The van der Waals surface area contributed by atoms with Crippen molar-refractivity contribution in [1.82, 2.24) is 10.2 Å². The van der Waals surface area contributed by atoms with Crippen LogP contribution >= 0.6 is 0 Å². The Hall–Kier alpha value is -1.13. The third-order valence-corrected chi connectivity index (χ3v) is 3.77. The van der Waals surface area contributed by atoms with E-state index in [4.69, 9.17) is 0 Å². The number of halogens is 1. The molecule has 0 aliphatic rings. The van der Waals surface area contributed by atoms with Gasteiger partial charge in [-0.2, -0.15) is 0 Å². The quantitative estimate of drug-likeness (QED) is 0.794. The smallest absolute Gasteiger partial charge is 0.126 e. The fourth-order valence-electron chi connectivity index (χ4n) is 2.30. The van der Waals surface area contributed by atoms with E-state index in [2.05, 4.69) is 50.1 Å². The van der Waals surface area contributed by atoms with Crippen LogP contribution in [0.3, 0.4) is 0 Å². The number of anilines is 1. The molecule has 0 amide bonds. The molecule has 0 aromatic heterocycles. The van der Waals surface area contributed by atoms with Gasteiger partial charge in [-0.1, -0.05) is 6.92 Å². The van der Waals surface area contributed by atoms with E-state index < -0.39 is 0 Å². The maximum atomic E-state index is 14.0. The van der Waals surface area contributed by atoms with Crippen molar-refractivity contribution >= 4 is 5.69 Å². The summed E-state index contributed by atoms with van der Waals surface area (Å²) in [6, 6.07) is 3.80. The van der Waals surface area contributed by atoms with Gasteiger partial charge in [0.15, 0.2) is 0 Å². The van der Waals surface area contributed by atoms with E-state index in [0.717, 1.165) is 37.3 Å². The van der Waals surface area contributed by atoms with Gasteiger partial charge in [-0.3, -0.25) is 0 Å². The first-order valence-electron chi connectivity index (χ1n) is 7.76. The number of nitrogens with zero attached hydrogens (tertiary/aromatic N) is 2. The van der Waals surface area contributed by atoms with Crippen molar-refractivity contribution in [3.63, 3.8) is 0 Å². The summed E-state index contributed by atoms with van der Waals surface area (Å²) < 4.78 is 14.0. The summed E-state index contributed by atoms with van der Waals surface area (Å²) in [7, 11) is 6.21. The van der Waals surface area contributed by atoms with Crippen LogP contribution < -0.4 is 10.2 Å². The Morgan fingerprint density at radius 2 is 1.86 bits per heavy atom. The standard InChI is InChI=1S/C17H30FN3/c1-7-8-19-14(3)15-12-16(18)13(2)11-17(15)21(6)10-9-20(4)5/h11-12,14,19H,7-10H2,1-6H3. The zero-order chi connectivity index (χ0) is 16.0. The summed E-state index contributed by atoms with van der Waals surface area (Å²) in [5, 5.41) is 3.45. The highest BCUT2D eigenvalue weighted by atomic mass is 19.1. The van der Waals surface area contributed by atoms with Crippen molar-refractivity contribution in [1.29, 1.82) is 0 Å². The van der Waals surface area contributed by atoms with Crippen molar-refractivity contribution in [2.75, 3.05) is 45.7 Å².